The normalized spacial score (nSPS) is 11.9. The number of rotatable bonds is 4. The fraction of sp³-hybridized carbons (Fsp3) is 0.0952. The molecule has 6 heteroatoms. The molecule has 1 N–H and O–H groups in total. The van der Waals surface area contributed by atoms with Gasteiger partial charge in [0.2, 0.25) is 0 Å². The largest absolute Gasteiger partial charge is 0.478 e. The number of hydrogen-bond donors (Lipinski definition) is 1. The maximum atomic E-state index is 11.1. The van der Waals surface area contributed by atoms with E-state index in [2.05, 4.69) is 9.55 Å². The second-order valence-electron chi connectivity index (χ2n) is 6.26. The Bertz CT molecular complexity index is 1170. The molecule has 0 unspecified atom stereocenters. The van der Waals surface area contributed by atoms with Gasteiger partial charge in [0.1, 0.15) is 10.8 Å². The summed E-state index contributed by atoms with van der Waals surface area (Å²) < 4.78 is 2.06. The molecule has 2 heterocycles. The summed E-state index contributed by atoms with van der Waals surface area (Å²) in [6, 6.07) is 14.8. The van der Waals surface area contributed by atoms with Crippen LogP contribution in [-0.2, 0) is 7.05 Å². The van der Waals surface area contributed by atoms with Gasteiger partial charge in [0.15, 0.2) is 0 Å². The van der Waals surface area contributed by atoms with Gasteiger partial charge in [-0.25, -0.2) is 14.8 Å². The van der Waals surface area contributed by atoms with E-state index in [1.807, 2.05) is 49.7 Å². The predicted octanol–water partition coefficient (Wildman–Crippen LogP) is 4.63. The van der Waals surface area contributed by atoms with Crippen molar-refractivity contribution in [3.63, 3.8) is 0 Å². The molecule has 4 rings (SSSR count). The van der Waals surface area contributed by atoms with Crippen molar-refractivity contribution in [1.29, 1.82) is 0 Å². The molecule has 0 aliphatic heterocycles. The van der Waals surface area contributed by atoms with E-state index < -0.39 is 5.97 Å². The van der Waals surface area contributed by atoms with Crippen LogP contribution in [0.1, 0.15) is 32.4 Å². The Morgan fingerprint density at radius 2 is 1.85 bits per heavy atom. The number of carboxylic acids is 1. The first-order chi connectivity index (χ1) is 13.0. The van der Waals surface area contributed by atoms with Crippen LogP contribution in [0, 0.1) is 6.92 Å². The molecule has 134 valence electrons. The minimum atomic E-state index is -0.934. The molecule has 0 aliphatic rings. The van der Waals surface area contributed by atoms with Crippen molar-refractivity contribution < 1.29 is 9.90 Å². The minimum Gasteiger partial charge on any atom is -0.478 e. The zero-order valence-electron chi connectivity index (χ0n) is 14.9. The van der Waals surface area contributed by atoms with E-state index in [4.69, 9.17) is 10.1 Å². The van der Waals surface area contributed by atoms with Crippen molar-refractivity contribution >= 4 is 40.0 Å². The number of aromatic nitrogens is 3. The molecule has 2 aromatic carbocycles. The number of carboxylic acid groups (broad SMARTS) is 1. The van der Waals surface area contributed by atoms with Crippen LogP contribution in [0.15, 0.2) is 53.9 Å². The zero-order valence-corrected chi connectivity index (χ0v) is 15.7. The van der Waals surface area contributed by atoms with Crippen LogP contribution in [0.3, 0.4) is 0 Å². The Morgan fingerprint density at radius 1 is 1.11 bits per heavy atom. The molecule has 5 nitrogen and oxygen atoms in total. The van der Waals surface area contributed by atoms with Gasteiger partial charge in [-0.05, 0) is 42.8 Å². The van der Waals surface area contributed by atoms with Crippen molar-refractivity contribution in [2.24, 2.45) is 7.05 Å². The molecule has 0 fully saturated rings. The molecule has 0 saturated heterocycles. The van der Waals surface area contributed by atoms with E-state index >= 15 is 0 Å². The topological polar surface area (TPSA) is 68.0 Å². The van der Waals surface area contributed by atoms with Crippen LogP contribution in [0.2, 0.25) is 0 Å². The second-order valence-corrected chi connectivity index (χ2v) is 7.12. The van der Waals surface area contributed by atoms with Gasteiger partial charge in [0, 0.05) is 18.1 Å². The highest BCUT2D eigenvalue weighted by Gasteiger charge is 2.17. The summed E-state index contributed by atoms with van der Waals surface area (Å²) in [5.74, 6) is -0.107. The lowest BCUT2D eigenvalue weighted by atomic mass is 10.1. The van der Waals surface area contributed by atoms with E-state index in [9.17, 15) is 4.79 Å². The molecular weight excluding hydrogens is 358 g/mol. The number of para-hydroxylation sites is 2. The third-order valence-corrected chi connectivity index (χ3v) is 5.34. The third kappa shape index (κ3) is 3.27. The van der Waals surface area contributed by atoms with Crippen LogP contribution < -0.4 is 0 Å². The number of imidazole rings is 1. The summed E-state index contributed by atoms with van der Waals surface area (Å²) in [7, 11) is 1.99. The van der Waals surface area contributed by atoms with Gasteiger partial charge < -0.3 is 9.67 Å². The second kappa shape index (κ2) is 6.81. The lowest BCUT2D eigenvalue weighted by Crippen LogP contribution is -1.99. The number of thiazole rings is 1. The fourth-order valence-electron chi connectivity index (χ4n) is 2.97. The van der Waals surface area contributed by atoms with Gasteiger partial charge in [0.05, 0.1) is 22.2 Å². The summed E-state index contributed by atoms with van der Waals surface area (Å²) >= 11 is 1.57. The highest BCUT2D eigenvalue weighted by Crippen LogP contribution is 2.30. The van der Waals surface area contributed by atoms with Crippen LogP contribution in [0.5, 0.6) is 0 Å². The van der Waals surface area contributed by atoms with E-state index in [1.54, 1.807) is 35.6 Å². The Labute approximate surface area is 160 Å². The number of aromatic carboxylic acids is 1. The van der Waals surface area contributed by atoms with Gasteiger partial charge >= 0.3 is 5.97 Å². The van der Waals surface area contributed by atoms with Crippen molar-refractivity contribution in [2.45, 2.75) is 6.92 Å². The lowest BCUT2D eigenvalue weighted by Gasteiger charge is -2.06. The molecule has 0 bridgehead atoms. The first-order valence-electron chi connectivity index (χ1n) is 8.42. The van der Waals surface area contributed by atoms with Crippen molar-refractivity contribution in [1.82, 2.24) is 14.5 Å². The smallest absolute Gasteiger partial charge is 0.335 e. The molecule has 0 saturated carbocycles. The Hall–Kier alpha value is -3.25. The predicted molar refractivity (Wildman–Crippen MR) is 108 cm³/mol. The number of nitrogens with zero attached hydrogens (tertiary/aromatic N) is 3. The summed E-state index contributed by atoms with van der Waals surface area (Å²) in [5, 5.41) is 12.0. The van der Waals surface area contributed by atoms with Gasteiger partial charge in [0.25, 0.3) is 0 Å². The van der Waals surface area contributed by atoms with Crippen LogP contribution in [-0.4, -0.2) is 25.6 Å². The molecule has 0 radical (unpaired) electrons. The Balaban J connectivity index is 1.89. The first-order valence-corrected chi connectivity index (χ1v) is 9.30. The van der Waals surface area contributed by atoms with E-state index in [0.717, 1.165) is 38.7 Å². The van der Waals surface area contributed by atoms with E-state index in [-0.39, 0.29) is 5.56 Å². The van der Waals surface area contributed by atoms with E-state index in [0.29, 0.717) is 0 Å². The monoisotopic (exact) mass is 375 g/mol. The average Bonchev–Trinajstić information content (AvgIpc) is 3.24. The zero-order chi connectivity index (χ0) is 19.0. The lowest BCUT2D eigenvalue weighted by molar-refractivity contribution is 0.0697. The standard InChI is InChI=1S/C21H17N3O2S/c1-13-12-27-20(22-13)16(11-14-7-9-15(10-8-14)21(25)26)19-23-17-5-3-4-6-18(17)24(19)2/h3-12H,1-2H3,(H,25,26)/b16-11-. The highest BCUT2D eigenvalue weighted by molar-refractivity contribution is 7.11. The Kier molecular flexibility index (Phi) is 4.33. The first kappa shape index (κ1) is 17.2. The van der Waals surface area contributed by atoms with Crippen LogP contribution in [0.4, 0.5) is 0 Å². The van der Waals surface area contributed by atoms with E-state index in [1.165, 1.54) is 0 Å². The average molecular weight is 375 g/mol. The van der Waals surface area contributed by atoms with Crippen molar-refractivity contribution in [3.8, 4) is 0 Å². The number of hydrogen-bond acceptors (Lipinski definition) is 4. The quantitative estimate of drug-likeness (QED) is 0.565. The SMILES string of the molecule is Cc1csc(/C(=C\c2ccc(C(=O)O)cc2)c2nc3ccccc3n2C)n1. The maximum absolute atomic E-state index is 11.1. The van der Waals surface area contributed by atoms with Crippen LogP contribution in [0.25, 0.3) is 22.7 Å². The number of aryl methyl sites for hydroxylation is 2. The van der Waals surface area contributed by atoms with Gasteiger partial charge in [-0.2, -0.15) is 0 Å². The highest BCUT2D eigenvalue weighted by atomic mass is 32.1. The van der Waals surface area contributed by atoms with Crippen LogP contribution >= 0.6 is 11.3 Å². The molecule has 27 heavy (non-hydrogen) atoms. The van der Waals surface area contributed by atoms with Gasteiger partial charge in [-0.1, -0.05) is 24.3 Å². The maximum Gasteiger partial charge on any atom is 0.335 e. The van der Waals surface area contributed by atoms with Crippen molar-refractivity contribution in [2.75, 3.05) is 0 Å². The minimum absolute atomic E-state index is 0.265. The summed E-state index contributed by atoms with van der Waals surface area (Å²) in [4.78, 5) is 20.5. The molecule has 2 aromatic heterocycles. The number of fused-ring (bicyclic) bond motifs is 1. The molecule has 0 aliphatic carbocycles. The number of benzene rings is 2. The summed E-state index contributed by atoms with van der Waals surface area (Å²) in [6.07, 6.45) is 2.01. The number of carbonyl (C=O) groups is 1. The molecular formula is C21H17N3O2S. The summed E-state index contributed by atoms with van der Waals surface area (Å²) in [5.41, 5.74) is 5.01. The molecule has 0 amide bonds. The van der Waals surface area contributed by atoms with Crippen molar-refractivity contribution in [3.05, 3.63) is 81.6 Å². The Morgan fingerprint density at radius 3 is 2.48 bits per heavy atom. The van der Waals surface area contributed by atoms with Gasteiger partial charge in [-0.15, -0.1) is 11.3 Å². The van der Waals surface area contributed by atoms with Gasteiger partial charge in [-0.3, -0.25) is 0 Å². The molecule has 4 aromatic rings. The molecule has 0 spiro atoms. The third-order valence-electron chi connectivity index (χ3n) is 4.35. The summed E-state index contributed by atoms with van der Waals surface area (Å²) in [6.45, 7) is 1.97. The molecule has 0 atom stereocenters. The fourth-order valence-corrected chi connectivity index (χ4v) is 3.78.